The van der Waals surface area contributed by atoms with Gasteiger partial charge in [0.05, 0.1) is 6.07 Å². The fourth-order valence-electron chi connectivity index (χ4n) is 0.183. The Kier molecular flexibility index (Phi) is 9.79. The highest BCUT2D eigenvalue weighted by Crippen LogP contribution is 1.94. The summed E-state index contributed by atoms with van der Waals surface area (Å²) >= 11 is 0. The van der Waals surface area contributed by atoms with E-state index in [1.807, 2.05) is 13.8 Å². The predicted molar refractivity (Wildman–Crippen MR) is 42.9 cm³/mol. The predicted octanol–water partition coefficient (Wildman–Crippen LogP) is 1.81. The molecular weight excluding hydrogens is 142 g/mol. The highest BCUT2D eigenvalue weighted by atomic mass is 16.4. The lowest BCUT2D eigenvalue weighted by atomic mass is 10.2. The third-order valence-corrected chi connectivity index (χ3v) is 0.674. The van der Waals surface area contributed by atoms with Crippen molar-refractivity contribution in [3.63, 3.8) is 0 Å². The van der Waals surface area contributed by atoms with Crippen LogP contribution in [0.4, 0.5) is 0 Å². The van der Waals surface area contributed by atoms with Crippen LogP contribution < -0.4 is 0 Å². The Labute approximate surface area is 67.0 Å². The second-order valence-electron chi connectivity index (χ2n) is 2.30. The van der Waals surface area contributed by atoms with Gasteiger partial charge in [0.2, 0.25) is 0 Å². The van der Waals surface area contributed by atoms with Crippen LogP contribution in [0.3, 0.4) is 0 Å². The molecule has 0 aliphatic carbocycles. The average molecular weight is 155 g/mol. The van der Waals surface area contributed by atoms with Crippen LogP contribution in [0.15, 0.2) is 12.7 Å². The van der Waals surface area contributed by atoms with Gasteiger partial charge in [0, 0.05) is 12.5 Å². The number of carboxylic acids is 1. The SMILES string of the molecule is C=CC(=O)O.CC(C)CC#N. The van der Waals surface area contributed by atoms with Crippen molar-refractivity contribution in [1.29, 1.82) is 5.26 Å². The number of rotatable bonds is 2. The van der Waals surface area contributed by atoms with Crippen molar-refractivity contribution in [2.24, 2.45) is 5.92 Å². The lowest BCUT2D eigenvalue weighted by Crippen LogP contribution is -1.82. The topological polar surface area (TPSA) is 61.1 Å². The summed E-state index contributed by atoms with van der Waals surface area (Å²) in [5.74, 6) is -0.444. The van der Waals surface area contributed by atoms with Gasteiger partial charge in [-0.2, -0.15) is 5.26 Å². The van der Waals surface area contributed by atoms with Crippen LogP contribution in [-0.2, 0) is 4.79 Å². The molecule has 0 spiro atoms. The molecule has 11 heavy (non-hydrogen) atoms. The van der Waals surface area contributed by atoms with Crippen LogP contribution in [0.2, 0.25) is 0 Å². The molecule has 0 saturated carbocycles. The second-order valence-corrected chi connectivity index (χ2v) is 2.30. The third kappa shape index (κ3) is 28.5. The Morgan fingerprint density at radius 3 is 2.18 bits per heavy atom. The Bertz CT molecular complexity index is 156. The zero-order chi connectivity index (χ0) is 9.28. The Hall–Kier alpha value is -1.30. The minimum absolute atomic E-state index is 0.537. The normalized spacial score (nSPS) is 7.45. The first kappa shape index (κ1) is 12.4. The lowest BCUT2D eigenvalue weighted by Gasteiger charge is -1.88. The highest BCUT2D eigenvalue weighted by molar-refractivity contribution is 5.78. The van der Waals surface area contributed by atoms with E-state index in [9.17, 15) is 4.79 Å². The van der Waals surface area contributed by atoms with Gasteiger partial charge in [-0.15, -0.1) is 0 Å². The summed E-state index contributed by atoms with van der Waals surface area (Å²) in [6.07, 6.45) is 1.51. The molecule has 62 valence electrons. The van der Waals surface area contributed by atoms with E-state index in [2.05, 4.69) is 12.6 Å². The van der Waals surface area contributed by atoms with Crippen molar-refractivity contribution in [2.45, 2.75) is 20.3 Å². The number of hydrogen-bond acceptors (Lipinski definition) is 2. The molecule has 0 aliphatic heterocycles. The molecule has 3 nitrogen and oxygen atoms in total. The molecular formula is C8H13NO2. The average Bonchev–Trinajstić information content (AvgIpc) is 1.89. The van der Waals surface area contributed by atoms with Crippen molar-refractivity contribution < 1.29 is 9.90 Å². The molecule has 0 aromatic heterocycles. The molecule has 0 atom stereocenters. The van der Waals surface area contributed by atoms with Gasteiger partial charge < -0.3 is 5.11 Å². The Morgan fingerprint density at radius 1 is 1.82 bits per heavy atom. The summed E-state index contributed by atoms with van der Waals surface area (Å²) in [6, 6.07) is 2.07. The second kappa shape index (κ2) is 8.70. The molecule has 0 rings (SSSR count). The molecule has 0 saturated heterocycles. The molecule has 0 heterocycles. The number of nitriles is 1. The minimum Gasteiger partial charge on any atom is -0.478 e. The van der Waals surface area contributed by atoms with Gasteiger partial charge in [-0.05, 0) is 5.92 Å². The van der Waals surface area contributed by atoms with E-state index < -0.39 is 5.97 Å². The van der Waals surface area contributed by atoms with Gasteiger partial charge in [0.25, 0.3) is 0 Å². The van der Waals surface area contributed by atoms with Crippen molar-refractivity contribution >= 4 is 5.97 Å². The van der Waals surface area contributed by atoms with Crippen LogP contribution in [0.25, 0.3) is 0 Å². The van der Waals surface area contributed by atoms with E-state index in [1.165, 1.54) is 0 Å². The number of aliphatic carboxylic acids is 1. The van der Waals surface area contributed by atoms with E-state index in [1.54, 1.807) is 0 Å². The van der Waals surface area contributed by atoms with Crippen molar-refractivity contribution in [3.05, 3.63) is 12.7 Å². The third-order valence-electron chi connectivity index (χ3n) is 0.674. The summed E-state index contributed by atoms with van der Waals surface area (Å²) in [6.45, 7) is 7.02. The molecule has 0 radical (unpaired) electrons. The first-order chi connectivity index (χ1) is 5.04. The maximum absolute atomic E-state index is 9.25. The Morgan fingerprint density at radius 2 is 2.18 bits per heavy atom. The first-order valence-corrected chi connectivity index (χ1v) is 3.26. The number of hydrogen-bond donors (Lipinski definition) is 1. The van der Waals surface area contributed by atoms with Crippen LogP contribution in [0.5, 0.6) is 0 Å². The summed E-state index contributed by atoms with van der Waals surface area (Å²) in [4.78, 5) is 9.25. The Balaban J connectivity index is 0. The van der Waals surface area contributed by atoms with Crippen molar-refractivity contribution in [1.82, 2.24) is 0 Å². The smallest absolute Gasteiger partial charge is 0.327 e. The highest BCUT2D eigenvalue weighted by Gasteiger charge is 1.85. The molecule has 3 heteroatoms. The van der Waals surface area contributed by atoms with Crippen LogP contribution in [-0.4, -0.2) is 11.1 Å². The zero-order valence-electron chi connectivity index (χ0n) is 6.87. The van der Waals surface area contributed by atoms with E-state index >= 15 is 0 Å². The van der Waals surface area contributed by atoms with Gasteiger partial charge >= 0.3 is 5.97 Å². The van der Waals surface area contributed by atoms with Gasteiger partial charge in [-0.25, -0.2) is 4.79 Å². The largest absolute Gasteiger partial charge is 0.478 e. The lowest BCUT2D eigenvalue weighted by molar-refractivity contribution is -0.131. The summed E-state index contributed by atoms with van der Waals surface area (Å²) in [5.41, 5.74) is 0. The van der Waals surface area contributed by atoms with Gasteiger partial charge in [0.15, 0.2) is 0 Å². The first-order valence-electron chi connectivity index (χ1n) is 3.26. The monoisotopic (exact) mass is 155 g/mol. The van der Waals surface area contributed by atoms with Crippen LogP contribution in [0.1, 0.15) is 20.3 Å². The summed E-state index contributed by atoms with van der Waals surface area (Å²) < 4.78 is 0. The van der Waals surface area contributed by atoms with Gasteiger partial charge in [0.1, 0.15) is 0 Å². The maximum Gasteiger partial charge on any atom is 0.327 e. The fraction of sp³-hybridized carbons (Fsp3) is 0.500. The molecule has 0 fully saturated rings. The molecule has 1 N–H and O–H groups in total. The molecule has 0 amide bonds. The van der Waals surface area contributed by atoms with Crippen LogP contribution in [0, 0.1) is 17.2 Å². The molecule has 0 unspecified atom stereocenters. The molecule has 0 aromatic carbocycles. The minimum atomic E-state index is -0.981. The van der Waals surface area contributed by atoms with Gasteiger partial charge in [-0.1, -0.05) is 20.4 Å². The molecule has 0 aromatic rings. The fourth-order valence-corrected chi connectivity index (χ4v) is 0.183. The zero-order valence-corrected chi connectivity index (χ0v) is 6.87. The van der Waals surface area contributed by atoms with Crippen molar-refractivity contribution in [3.8, 4) is 6.07 Å². The van der Waals surface area contributed by atoms with E-state index in [-0.39, 0.29) is 0 Å². The number of carbonyl (C=O) groups is 1. The van der Waals surface area contributed by atoms with Crippen LogP contribution >= 0.6 is 0 Å². The van der Waals surface area contributed by atoms with Crippen molar-refractivity contribution in [2.75, 3.05) is 0 Å². The molecule has 0 bridgehead atoms. The van der Waals surface area contributed by atoms with E-state index in [0.29, 0.717) is 12.3 Å². The standard InChI is InChI=1S/C5H9N.C3H4O2/c1-5(2)3-4-6;1-2-3(4)5/h5H,3H2,1-2H3;2H,1H2,(H,4,5). The summed E-state index contributed by atoms with van der Waals surface area (Å²) in [5, 5.41) is 15.6. The number of nitrogens with zero attached hydrogens (tertiary/aromatic N) is 1. The molecule has 0 aliphatic rings. The maximum atomic E-state index is 9.25. The van der Waals surface area contributed by atoms with E-state index in [0.717, 1.165) is 6.08 Å². The number of carboxylic acid groups (broad SMARTS) is 1. The van der Waals surface area contributed by atoms with E-state index in [4.69, 9.17) is 10.4 Å². The van der Waals surface area contributed by atoms with Gasteiger partial charge in [-0.3, -0.25) is 0 Å². The summed E-state index contributed by atoms with van der Waals surface area (Å²) in [7, 11) is 0. The quantitative estimate of drug-likeness (QED) is 0.618.